The van der Waals surface area contributed by atoms with Crippen LogP contribution in [0.2, 0.25) is 0 Å². The van der Waals surface area contributed by atoms with E-state index in [0.29, 0.717) is 18.8 Å². The Morgan fingerprint density at radius 2 is 2.11 bits per heavy atom. The van der Waals surface area contributed by atoms with Crippen molar-refractivity contribution in [3.63, 3.8) is 0 Å². The Kier molecular flexibility index (Phi) is 5.17. The lowest BCUT2D eigenvalue weighted by Crippen LogP contribution is -2.15. The van der Waals surface area contributed by atoms with Crippen molar-refractivity contribution in [2.75, 3.05) is 20.3 Å². The SMILES string of the molecule is CCCC(NC)c1ccc(COCC2CO2)cc1. The highest BCUT2D eigenvalue weighted by atomic mass is 16.6. The third-order valence-electron chi connectivity index (χ3n) is 3.28. The summed E-state index contributed by atoms with van der Waals surface area (Å²) >= 11 is 0. The lowest BCUT2D eigenvalue weighted by atomic mass is 10.0. The highest BCUT2D eigenvalue weighted by Crippen LogP contribution is 2.19. The zero-order valence-corrected chi connectivity index (χ0v) is 11.3. The number of ether oxygens (including phenoxy) is 2. The molecule has 3 nitrogen and oxygen atoms in total. The number of hydrogen-bond donors (Lipinski definition) is 1. The fraction of sp³-hybridized carbons (Fsp3) is 0.600. The van der Waals surface area contributed by atoms with Gasteiger partial charge in [0.05, 0.1) is 19.8 Å². The molecule has 0 saturated carbocycles. The molecule has 0 bridgehead atoms. The summed E-state index contributed by atoms with van der Waals surface area (Å²) in [5.74, 6) is 0. The molecule has 0 aromatic heterocycles. The third-order valence-corrected chi connectivity index (χ3v) is 3.28. The summed E-state index contributed by atoms with van der Waals surface area (Å²) in [4.78, 5) is 0. The zero-order chi connectivity index (χ0) is 12.8. The summed E-state index contributed by atoms with van der Waals surface area (Å²) in [7, 11) is 2.02. The van der Waals surface area contributed by atoms with Gasteiger partial charge in [0.2, 0.25) is 0 Å². The maximum absolute atomic E-state index is 5.58. The van der Waals surface area contributed by atoms with Crippen LogP contribution < -0.4 is 5.32 Å². The van der Waals surface area contributed by atoms with Gasteiger partial charge in [0.1, 0.15) is 6.10 Å². The Labute approximate surface area is 109 Å². The summed E-state index contributed by atoms with van der Waals surface area (Å²) in [5.41, 5.74) is 2.58. The summed E-state index contributed by atoms with van der Waals surface area (Å²) in [6.07, 6.45) is 2.71. The molecule has 2 unspecified atom stereocenters. The van der Waals surface area contributed by atoms with Crippen molar-refractivity contribution in [1.82, 2.24) is 5.32 Å². The molecule has 0 spiro atoms. The van der Waals surface area contributed by atoms with E-state index in [1.54, 1.807) is 0 Å². The Morgan fingerprint density at radius 3 is 2.67 bits per heavy atom. The number of hydrogen-bond acceptors (Lipinski definition) is 3. The molecule has 0 aliphatic carbocycles. The molecular formula is C15H23NO2. The van der Waals surface area contributed by atoms with Gasteiger partial charge in [-0.15, -0.1) is 0 Å². The average Bonchev–Trinajstić information content (AvgIpc) is 3.21. The smallest absolute Gasteiger partial charge is 0.104 e. The van der Waals surface area contributed by atoms with Gasteiger partial charge in [-0.2, -0.15) is 0 Å². The molecule has 1 saturated heterocycles. The van der Waals surface area contributed by atoms with Crippen molar-refractivity contribution in [2.45, 2.75) is 38.5 Å². The summed E-state index contributed by atoms with van der Waals surface area (Å²) in [6, 6.07) is 9.17. The molecule has 1 aromatic rings. The number of nitrogens with one attached hydrogen (secondary N) is 1. The minimum Gasteiger partial charge on any atom is -0.374 e. The Hall–Kier alpha value is -0.900. The number of rotatable bonds is 8. The molecule has 1 fully saturated rings. The van der Waals surface area contributed by atoms with Crippen LogP contribution in [0.5, 0.6) is 0 Å². The maximum Gasteiger partial charge on any atom is 0.104 e. The van der Waals surface area contributed by atoms with Crippen LogP contribution in [0, 0.1) is 0 Å². The lowest BCUT2D eigenvalue weighted by Gasteiger charge is -2.16. The van der Waals surface area contributed by atoms with Crippen LogP contribution in [0.3, 0.4) is 0 Å². The van der Waals surface area contributed by atoms with Crippen LogP contribution in [0.15, 0.2) is 24.3 Å². The Balaban J connectivity index is 1.82. The molecule has 1 aliphatic rings. The summed E-state index contributed by atoms with van der Waals surface area (Å²) < 4.78 is 10.7. The second-order valence-electron chi connectivity index (χ2n) is 4.84. The van der Waals surface area contributed by atoms with E-state index < -0.39 is 0 Å². The van der Waals surface area contributed by atoms with Gasteiger partial charge >= 0.3 is 0 Å². The van der Waals surface area contributed by atoms with Crippen molar-refractivity contribution in [3.05, 3.63) is 35.4 Å². The first-order valence-corrected chi connectivity index (χ1v) is 6.79. The molecule has 1 aromatic carbocycles. The third kappa shape index (κ3) is 4.09. The number of benzene rings is 1. The second kappa shape index (κ2) is 6.88. The van der Waals surface area contributed by atoms with Crippen LogP contribution in [0.4, 0.5) is 0 Å². The zero-order valence-electron chi connectivity index (χ0n) is 11.3. The first-order chi connectivity index (χ1) is 8.83. The van der Waals surface area contributed by atoms with Crippen molar-refractivity contribution >= 4 is 0 Å². The quantitative estimate of drug-likeness (QED) is 0.719. The van der Waals surface area contributed by atoms with E-state index >= 15 is 0 Å². The lowest BCUT2D eigenvalue weighted by molar-refractivity contribution is 0.104. The van der Waals surface area contributed by atoms with Gasteiger partial charge in [0.15, 0.2) is 0 Å². The fourth-order valence-electron chi connectivity index (χ4n) is 2.09. The minimum absolute atomic E-state index is 0.350. The largest absolute Gasteiger partial charge is 0.374 e. The molecule has 1 N–H and O–H groups in total. The molecular weight excluding hydrogens is 226 g/mol. The van der Waals surface area contributed by atoms with Crippen molar-refractivity contribution < 1.29 is 9.47 Å². The van der Waals surface area contributed by atoms with E-state index in [9.17, 15) is 0 Å². The fourth-order valence-corrected chi connectivity index (χ4v) is 2.09. The average molecular weight is 249 g/mol. The van der Waals surface area contributed by atoms with E-state index in [4.69, 9.17) is 9.47 Å². The first-order valence-electron chi connectivity index (χ1n) is 6.79. The second-order valence-corrected chi connectivity index (χ2v) is 4.84. The summed E-state index contributed by atoms with van der Waals surface area (Å²) in [6.45, 7) is 4.47. The van der Waals surface area contributed by atoms with Crippen LogP contribution in [-0.4, -0.2) is 26.4 Å². The Bertz CT molecular complexity index is 346. The van der Waals surface area contributed by atoms with Crippen molar-refractivity contribution in [2.24, 2.45) is 0 Å². The molecule has 1 heterocycles. The predicted octanol–water partition coefficient (Wildman–Crippen LogP) is 2.66. The van der Waals surface area contributed by atoms with Crippen molar-refractivity contribution in [1.29, 1.82) is 0 Å². The van der Waals surface area contributed by atoms with E-state index in [1.807, 2.05) is 7.05 Å². The molecule has 0 amide bonds. The topological polar surface area (TPSA) is 33.8 Å². The molecule has 3 heteroatoms. The highest BCUT2D eigenvalue weighted by molar-refractivity contribution is 5.24. The molecule has 100 valence electrons. The highest BCUT2D eigenvalue weighted by Gasteiger charge is 2.22. The standard InChI is InChI=1S/C15H23NO2/c1-3-4-15(16-2)13-7-5-12(6-8-13)9-17-10-14-11-18-14/h5-8,14-16H,3-4,9-11H2,1-2H3. The van der Waals surface area contributed by atoms with Gasteiger partial charge in [-0.05, 0) is 24.6 Å². The normalized spacial score (nSPS) is 19.8. The van der Waals surface area contributed by atoms with Crippen LogP contribution in [0.25, 0.3) is 0 Å². The maximum atomic E-state index is 5.58. The monoisotopic (exact) mass is 249 g/mol. The van der Waals surface area contributed by atoms with Crippen LogP contribution in [0.1, 0.15) is 36.9 Å². The van der Waals surface area contributed by atoms with Crippen LogP contribution >= 0.6 is 0 Å². The van der Waals surface area contributed by atoms with Crippen LogP contribution in [-0.2, 0) is 16.1 Å². The summed E-state index contributed by atoms with van der Waals surface area (Å²) in [5, 5.41) is 3.36. The molecule has 1 aliphatic heterocycles. The Morgan fingerprint density at radius 1 is 1.39 bits per heavy atom. The molecule has 0 radical (unpaired) electrons. The van der Waals surface area contributed by atoms with E-state index in [2.05, 4.69) is 36.5 Å². The minimum atomic E-state index is 0.350. The first kappa shape index (κ1) is 13.5. The van der Waals surface area contributed by atoms with E-state index in [1.165, 1.54) is 24.0 Å². The van der Waals surface area contributed by atoms with E-state index in [-0.39, 0.29) is 0 Å². The number of epoxide rings is 1. The van der Waals surface area contributed by atoms with Gasteiger partial charge in [-0.1, -0.05) is 37.6 Å². The molecule has 18 heavy (non-hydrogen) atoms. The van der Waals surface area contributed by atoms with Crippen molar-refractivity contribution in [3.8, 4) is 0 Å². The predicted molar refractivity (Wildman–Crippen MR) is 72.5 cm³/mol. The van der Waals surface area contributed by atoms with Gasteiger partial charge in [0.25, 0.3) is 0 Å². The van der Waals surface area contributed by atoms with Gasteiger partial charge < -0.3 is 14.8 Å². The van der Waals surface area contributed by atoms with Gasteiger partial charge in [0, 0.05) is 6.04 Å². The van der Waals surface area contributed by atoms with Gasteiger partial charge in [-0.3, -0.25) is 0 Å². The van der Waals surface area contributed by atoms with E-state index in [0.717, 1.165) is 13.2 Å². The van der Waals surface area contributed by atoms with Gasteiger partial charge in [-0.25, -0.2) is 0 Å². The molecule has 2 atom stereocenters. The molecule has 2 rings (SSSR count).